The summed E-state index contributed by atoms with van der Waals surface area (Å²) < 4.78 is 30.3. The van der Waals surface area contributed by atoms with Crippen molar-refractivity contribution in [1.29, 1.82) is 0 Å². The SMILES string of the molecule is O=C(Cn1c(NCCO)nc2ccccc21)Nc1ccc(OC(F)F)cc1. The van der Waals surface area contributed by atoms with Gasteiger partial charge in [-0.3, -0.25) is 4.79 Å². The van der Waals surface area contributed by atoms with Crippen LogP contribution in [0.1, 0.15) is 0 Å². The van der Waals surface area contributed by atoms with Crippen LogP contribution in [-0.2, 0) is 11.3 Å². The lowest BCUT2D eigenvalue weighted by Crippen LogP contribution is -2.21. The molecular weight excluding hydrogens is 358 g/mol. The van der Waals surface area contributed by atoms with Crippen LogP contribution in [0.3, 0.4) is 0 Å². The van der Waals surface area contributed by atoms with Crippen LogP contribution in [0.25, 0.3) is 11.0 Å². The number of anilines is 2. The first kappa shape index (κ1) is 18.6. The second-order valence-corrected chi connectivity index (χ2v) is 5.61. The van der Waals surface area contributed by atoms with Crippen molar-refractivity contribution in [3.8, 4) is 5.75 Å². The molecule has 0 fully saturated rings. The van der Waals surface area contributed by atoms with E-state index in [2.05, 4.69) is 20.4 Å². The van der Waals surface area contributed by atoms with Crippen LogP contribution >= 0.6 is 0 Å². The smallest absolute Gasteiger partial charge is 0.387 e. The molecule has 0 aliphatic rings. The van der Waals surface area contributed by atoms with E-state index < -0.39 is 6.61 Å². The summed E-state index contributed by atoms with van der Waals surface area (Å²) in [6.07, 6.45) is 0. The van der Waals surface area contributed by atoms with Gasteiger partial charge in [0.15, 0.2) is 0 Å². The molecule has 0 aliphatic carbocycles. The number of amides is 1. The van der Waals surface area contributed by atoms with Crippen LogP contribution < -0.4 is 15.4 Å². The van der Waals surface area contributed by atoms with Gasteiger partial charge in [-0.2, -0.15) is 8.78 Å². The molecule has 2 aromatic carbocycles. The molecule has 0 spiro atoms. The maximum absolute atomic E-state index is 12.4. The average Bonchev–Trinajstić information content (AvgIpc) is 2.99. The van der Waals surface area contributed by atoms with Crippen molar-refractivity contribution in [3.63, 3.8) is 0 Å². The highest BCUT2D eigenvalue weighted by molar-refractivity contribution is 5.92. The first-order valence-electron chi connectivity index (χ1n) is 8.21. The number of hydrogen-bond acceptors (Lipinski definition) is 5. The number of aromatic nitrogens is 2. The summed E-state index contributed by atoms with van der Waals surface area (Å²) in [6, 6.07) is 13.0. The molecule has 0 saturated heterocycles. The zero-order chi connectivity index (χ0) is 19.2. The summed E-state index contributed by atoms with van der Waals surface area (Å²) in [5.74, 6) is 0.174. The molecule has 27 heavy (non-hydrogen) atoms. The number of nitrogens with zero attached hydrogens (tertiary/aromatic N) is 2. The van der Waals surface area contributed by atoms with E-state index >= 15 is 0 Å². The third kappa shape index (κ3) is 4.70. The topological polar surface area (TPSA) is 88.4 Å². The van der Waals surface area contributed by atoms with Crippen LogP contribution in [0, 0.1) is 0 Å². The monoisotopic (exact) mass is 376 g/mol. The van der Waals surface area contributed by atoms with E-state index in [4.69, 9.17) is 5.11 Å². The van der Waals surface area contributed by atoms with E-state index in [0.717, 1.165) is 11.0 Å². The van der Waals surface area contributed by atoms with Crippen LogP contribution in [0.15, 0.2) is 48.5 Å². The maximum atomic E-state index is 12.4. The zero-order valence-electron chi connectivity index (χ0n) is 14.2. The van der Waals surface area contributed by atoms with Crippen LogP contribution in [0.5, 0.6) is 5.75 Å². The summed E-state index contributed by atoms with van der Waals surface area (Å²) in [5.41, 5.74) is 1.95. The number of imidazole rings is 1. The van der Waals surface area contributed by atoms with Gasteiger partial charge in [0.05, 0.1) is 17.6 Å². The number of fused-ring (bicyclic) bond motifs is 1. The molecule has 0 unspecified atom stereocenters. The van der Waals surface area contributed by atoms with Gasteiger partial charge < -0.3 is 25.0 Å². The van der Waals surface area contributed by atoms with Crippen molar-refractivity contribution in [1.82, 2.24) is 9.55 Å². The number of carbonyl (C=O) groups is 1. The fourth-order valence-corrected chi connectivity index (χ4v) is 2.60. The highest BCUT2D eigenvalue weighted by Gasteiger charge is 2.13. The Labute approximate surface area is 153 Å². The lowest BCUT2D eigenvalue weighted by molar-refractivity contribution is -0.116. The number of alkyl halides is 2. The minimum Gasteiger partial charge on any atom is -0.435 e. The Bertz CT molecular complexity index is 913. The molecule has 1 aromatic heterocycles. The molecule has 0 radical (unpaired) electrons. The first-order chi connectivity index (χ1) is 13.1. The van der Waals surface area contributed by atoms with Crippen molar-refractivity contribution in [2.24, 2.45) is 0 Å². The summed E-state index contributed by atoms with van der Waals surface area (Å²) >= 11 is 0. The number of halogens is 2. The predicted molar refractivity (Wildman–Crippen MR) is 97.0 cm³/mol. The molecule has 1 amide bonds. The number of rotatable bonds is 8. The second-order valence-electron chi connectivity index (χ2n) is 5.61. The normalized spacial score (nSPS) is 11.0. The Morgan fingerprint density at radius 2 is 1.93 bits per heavy atom. The quantitative estimate of drug-likeness (QED) is 0.563. The molecule has 0 aliphatic heterocycles. The van der Waals surface area contributed by atoms with Crippen molar-refractivity contribution in [2.45, 2.75) is 13.2 Å². The fourth-order valence-electron chi connectivity index (χ4n) is 2.60. The van der Waals surface area contributed by atoms with Gasteiger partial charge in [-0.15, -0.1) is 0 Å². The fraction of sp³-hybridized carbons (Fsp3) is 0.222. The van der Waals surface area contributed by atoms with Gasteiger partial charge in [0, 0.05) is 12.2 Å². The molecular formula is C18H18F2N4O3. The highest BCUT2D eigenvalue weighted by Crippen LogP contribution is 2.21. The molecule has 0 bridgehead atoms. The summed E-state index contributed by atoms with van der Waals surface area (Å²) in [6.45, 7) is -2.67. The Hall–Kier alpha value is -3.20. The largest absolute Gasteiger partial charge is 0.435 e. The molecule has 1 heterocycles. The zero-order valence-corrected chi connectivity index (χ0v) is 14.2. The Morgan fingerprint density at radius 1 is 1.19 bits per heavy atom. The first-order valence-corrected chi connectivity index (χ1v) is 8.21. The number of hydrogen-bond donors (Lipinski definition) is 3. The second kappa shape index (κ2) is 8.45. The predicted octanol–water partition coefficient (Wildman–Crippen LogP) is 2.68. The molecule has 0 atom stereocenters. The van der Waals surface area contributed by atoms with E-state index in [1.165, 1.54) is 24.3 Å². The molecule has 9 heteroatoms. The Morgan fingerprint density at radius 3 is 2.63 bits per heavy atom. The maximum Gasteiger partial charge on any atom is 0.387 e. The molecule has 3 N–H and O–H groups in total. The van der Waals surface area contributed by atoms with E-state index in [9.17, 15) is 13.6 Å². The minimum atomic E-state index is -2.90. The van der Waals surface area contributed by atoms with E-state index in [1.54, 1.807) is 4.57 Å². The number of benzene rings is 2. The summed E-state index contributed by atoms with van der Waals surface area (Å²) in [4.78, 5) is 16.8. The molecule has 0 saturated carbocycles. The molecule has 7 nitrogen and oxygen atoms in total. The Kier molecular flexibility index (Phi) is 5.82. The Balaban J connectivity index is 1.73. The van der Waals surface area contributed by atoms with Gasteiger partial charge in [0.25, 0.3) is 0 Å². The average molecular weight is 376 g/mol. The van der Waals surface area contributed by atoms with Crippen LogP contribution in [0.2, 0.25) is 0 Å². The standard InChI is InChI=1S/C18H18F2N4O3/c19-17(20)27-13-7-5-12(6-8-13)22-16(26)11-24-15-4-2-1-3-14(15)23-18(24)21-9-10-25/h1-8,17,25H,9-11H2,(H,21,23)(H,22,26). The molecule has 3 rings (SSSR count). The number of aliphatic hydroxyl groups is 1. The third-order valence-corrected chi connectivity index (χ3v) is 3.71. The highest BCUT2D eigenvalue weighted by atomic mass is 19.3. The number of nitrogens with one attached hydrogen (secondary N) is 2. The van der Waals surface area contributed by atoms with Crippen molar-refractivity contribution >= 4 is 28.6 Å². The van der Waals surface area contributed by atoms with Gasteiger partial charge in [-0.25, -0.2) is 4.98 Å². The van der Waals surface area contributed by atoms with E-state index in [-0.39, 0.29) is 24.8 Å². The number of aliphatic hydroxyl groups excluding tert-OH is 1. The van der Waals surface area contributed by atoms with Gasteiger partial charge in [-0.1, -0.05) is 12.1 Å². The number of para-hydroxylation sites is 2. The number of ether oxygens (including phenoxy) is 1. The van der Waals surface area contributed by atoms with Crippen molar-refractivity contribution in [2.75, 3.05) is 23.8 Å². The van der Waals surface area contributed by atoms with Gasteiger partial charge in [0.2, 0.25) is 11.9 Å². The van der Waals surface area contributed by atoms with Crippen LogP contribution in [0.4, 0.5) is 20.4 Å². The van der Waals surface area contributed by atoms with Crippen LogP contribution in [-0.4, -0.2) is 40.3 Å². The lowest BCUT2D eigenvalue weighted by atomic mass is 10.3. The van der Waals surface area contributed by atoms with Gasteiger partial charge in [0.1, 0.15) is 12.3 Å². The van der Waals surface area contributed by atoms with E-state index in [1.807, 2.05) is 24.3 Å². The lowest BCUT2D eigenvalue weighted by Gasteiger charge is -2.11. The minimum absolute atomic E-state index is 0.0104. The summed E-state index contributed by atoms with van der Waals surface area (Å²) in [7, 11) is 0. The van der Waals surface area contributed by atoms with E-state index in [0.29, 0.717) is 18.2 Å². The van der Waals surface area contributed by atoms with Crippen molar-refractivity contribution in [3.05, 3.63) is 48.5 Å². The third-order valence-electron chi connectivity index (χ3n) is 3.71. The van der Waals surface area contributed by atoms with Gasteiger partial charge in [-0.05, 0) is 36.4 Å². The van der Waals surface area contributed by atoms with Crippen molar-refractivity contribution < 1.29 is 23.4 Å². The van der Waals surface area contributed by atoms with Gasteiger partial charge >= 0.3 is 6.61 Å². The molecule has 3 aromatic rings. The molecule has 142 valence electrons. The number of carbonyl (C=O) groups excluding carboxylic acids is 1. The summed E-state index contributed by atoms with van der Waals surface area (Å²) in [5, 5.41) is 14.7.